The van der Waals surface area contributed by atoms with Crippen molar-refractivity contribution >= 4 is 5.97 Å². The molecule has 0 amide bonds. The minimum atomic E-state index is -0.210. The van der Waals surface area contributed by atoms with Crippen molar-refractivity contribution in [2.75, 3.05) is 13.7 Å². The van der Waals surface area contributed by atoms with Crippen molar-refractivity contribution in [3.05, 3.63) is 0 Å². The molecule has 0 radical (unpaired) electrons. The van der Waals surface area contributed by atoms with Gasteiger partial charge in [-0.2, -0.15) is 0 Å². The molecule has 0 saturated heterocycles. The Balaban J connectivity index is 4.05. The number of ether oxygens (including phenoxy) is 1. The first-order valence-electron chi connectivity index (χ1n) is 5.80. The van der Waals surface area contributed by atoms with Gasteiger partial charge in [-0.1, -0.05) is 27.2 Å². The Bertz CT molecular complexity index is 194. The third-order valence-electron chi connectivity index (χ3n) is 3.10. The van der Waals surface area contributed by atoms with E-state index in [4.69, 9.17) is 0 Å². The highest BCUT2D eigenvalue weighted by molar-refractivity contribution is 5.75. The first-order chi connectivity index (χ1) is 6.99. The molecule has 0 bridgehead atoms. The van der Waals surface area contributed by atoms with Crippen LogP contribution in [0.15, 0.2) is 0 Å². The highest BCUT2D eigenvalue weighted by Gasteiger charge is 2.23. The highest BCUT2D eigenvalue weighted by Crippen LogP contribution is 2.26. The molecule has 0 rings (SSSR count). The number of hydrogen-bond acceptors (Lipinski definition) is 3. The van der Waals surface area contributed by atoms with Crippen molar-refractivity contribution in [2.24, 2.45) is 5.41 Å². The van der Waals surface area contributed by atoms with Crippen LogP contribution in [0, 0.1) is 5.41 Å². The Morgan fingerprint density at radius 1 is 1.47 bits per heavy atom. The molecule has 0 aliphatic carbocycles. The average Bonchev–Trinajstić information content (AvgIpc) is 2.25. The van der Waals surface area contributed by atoms with Gasteiger partial charge in [0.2, 0.25) is 0 Å². The Morgan fingerprint density at radius 3 is 2.47 bits per heavy atom. The number of carbonyl (C=O) groups is 1. The molecule has 90 valence electrons. The topological polar surface area (TPSA) is 38.3 Å². The molecule has 0 aliphatic heterocycles. The molecule has 0 spiro atoms. The van der Waals surface area contributed by atoms with E-state index in [0.717, 1.165) is 13.0 Å². The second-order valence-electron chi connectivity index (χ2n) is 4.54. The van der Waals surface area contributed by atoms with Gasteiger partial charge in [-0.25, -0.2) is 0 Å². The maximum Gasteiger partial charge on any atom is 0.322 e. The summed E-state index contributed by atoms with van der Waals surface area (Å²) < 4.78 is 4.67. The normalized spacial score (nSPS) is 16.9. The van der Waals surface area contributed by atoms with Crippen LogP contribution in [-0.2, 0) is 9.53 Å². The fourth-order valence-corrected chi connectivity index (χ4v) is 1.65. The van der Waals surface area contributed by atoms with Gasteiger partial charge in [0, 0.05) is 6.54 Å². The van der Waals surface area contributed by atoms with Crippen LogP contribution < -0.4 is 5.32 Å². The summed E-state index contributed by atoms with van der Waals surface area (Å²) in [6, 6.07) is -0.210. The van der Waals surface area contributed by atoms with Crippen molar-refractivity contribution in [3.63, 3.8) is 0 Å². The number of hydrogen-bond donors (Lipinski definition) is 1. The van der Waals surface area contributed by atoms with Crippen LogP contribution in [0.25, 0.3) is 0 Å². The fourth-order valence-electron chi connectivity index (χ4n) is 1.65. The predicted molar refractivity (Wildman–Crippen MR) is 62.8 cm³/mol. The second kappa shape index (κ2) is 6.83. The van der Waals surface area contributed by atoms with Gasteiger partial charge in [-0.05, 0) is 25.2 Å². The minimum absolute atomic E-state index is 0.190. The summed E-state index contributed by atoms with van der Waals surface area (Å²) in [5.74, 6) is -0.190. The Labute approximate surface area is 93.6 Å². The summed E-state index contributed by atoms with van der Waals surface area (Å²) in [6.45, 7) is 9.35. The zero-order chi connectivity index (χ0) is 11.9. The van der Waals surface area contributed by atoms with E-state index in [1.54, 1.807) is 0 Å². The Hall–Kier alpha value is -0.570. The lowest BCUT2D eigenvalue weighted by Gasteiger charge is -2.29. The van der Waals surface area contributed by atoms with Crippen LogP contribution in [0.4, 0.5) is 0 Å². The second-order valence-corrected chi connectivity index (χ2v) is 4.54. The van der Waals surface area contributed by atoms with E-state index in [1.165, 1.54) is 20.0 Å². The van der Waals surface area contributed by atoms with Gasteiger partial charge in [-0.15, -0.1) is 0 Å². The molecule has 15 heavy (non-hydrogen) atoms. The maximum absolute atomic E-state index is 11.2. The van der Waals surface area contributed by atoms with Crippen LogP contribution >= 0.6 is 0 Å². The van der Waals surface area contributed by atoms with Gasteiger partial charge in [0.25, 0.3) is 0 Å². The van der Waals surface area contributed by atoms with Crippen molar-refractivity contribution in [2.45, 2.75) is 53.0 Å². The van der Waals surface area contributed by atoms with Gasteiger partial charge in [-0.3, -0.25) is 4.79 Å². The first-order valence-corrected chi connectivity index (χ1v) is 5.80. The molecule has 3 nitrogen and oxygen atoms in total. The number of nitrogens with one attached hydrogen (secondary N) is 1. The number of esters is 1. The largest absolute Gasteiger partial charge is 0.468 e. The SMILES string of the molecule is CCCC(C)(CC)CNC(C)C(=O)OC. The molecule has 0 heterocycles. The number of rotatable bonds is 7. The lowest BCUT2D eigenvalue weighted by atomic mass is 9.83. The van der Waals surface area contributed by atoms with E-state index in [1.807, 2.05) is 6.92 Å². The Kier molecular flexibility index (Phi) is 6.57. The first kappa shape index (κ1) is 14.4. The summed E-state index contributed by atoms with van der Waals surface area (Å²) in [7, 11) is 1.42. The molecule has 3 heteroatoms. The van der Waals surface area contributed by atoms with Gasteiger partial charge < -0.3 is 10.1 Å². The van der Waals surface area contributed by atoms with E-state index in [2.05, 4.69) is 30.8 Å². The fraction of sp³-hybridized carbons (Fsp3) is 0.917. The van der Waals surface area contributed by atoms with Crippen LogP contribution in [0.5, 0.6) is 0 Å². The van der Waals surface area contributed by atoms with Crippen LogP contribution in [0.2, 0.25) is 0 Å². The molecule has 0 aromatic carbocycles. The summed E-state index contributed by atoms with van der Waals surface area (Å²) in [6.07, 6.45) is 3.49. The highest BCUT2D eigenvalue weighted by atomic mass is 16.5. The summed E-state index contributed by atoms with van der Waals surface area (Å²) in [4.78, 5) is 11.2. The van der Waals surface area contributed by atoms with Gasteiger partial charge in [0.05, 0.1) is 7.11 Å². The predicted octanol–water partition coefficient (Wildman–Crippen LogP) is 2.35. The lowest BCUT2D eigenvalue weighted by molar-refractivity contribution is -0.142. The molecular weight excluding hydrogens is 190 g/mol. The molecular formula is C12H25NO2. The van der Waals surface area contributed by atoms with Gasteiger partial charge in [0.1, 0.15) is 6.04 Å². The van der Waals surface area contributed by atoms with Crippen LogP contribution in [-0.4, -0.2) is 25.7 Å². The summed E-state index contributed by atoms with van der Waals surface area (Å²) >= 11 is 0. The molecule has 0 aliphatic rings. The smallest absolute Gasteiger partial charge is 0.322 e. The lowest BCUT2D eigenvalue weighted by Crippen LogP contribution is -2.41. The molecule has 2 unspecified atom stereocenters. The Morgan fingerprint density at radius 2 is 2.07 bits per heavy atom. The molecule has 0 aromatic rings. The van der Waals surface area contributed by atoms with Crippen LogP contribution in [0.3, 0.4) is 0 Å². The van der Waals surface area contributed by atoms with Crippen molar-refractivity contribution < 1.29 is 9.53 Å². The molecule has 0 aromatic heterocycles. The molecule has 0 saturated carbocycles. The van der Waals surface area contributed by atoms with Crippen molar-refractivity contribution in [1.82, 2.24) is 5.32 Å². The van der Waals surface area contributed by atoms with E-state index < -0.39 is 0 Å². The molecule has 2 atom stereocenters. The maximum atomic E-state index is 11.2. The zero-order valence-electron chi connectivity index (χ0n) is 10.7. The van der Waals surface area contributed by atoms with E-state index in [-0.39, 0.29) is 17.4 Å². The van der Waals surface area contributed by atoms with Crippen LogP contribution in [0.1, 0.15) is 47.0 Å². The average molecular weight is 215 g/mol. The van der Waals surface area contributed by atoms with E-state index in [0.29, 0.717) is 0 Å². The number of carbonyl (C=O) groups excluding carboxylic acids is 1. The molecule has 0 fully saturated rings. The number of methoxy groups -OCH3 is 1. The van der Waals surface area contributed by atoms with E-state index in [9.17, 15) is 4.79 Å². The van der Waals surface area contributed by atoms with Gasteiger partial charge in [0.15, 0.2) is 0 Å². The van der Waals surface area contributed by atoms with Crippen molar-refractivity contribution in [1.29, 1.82) is 0 Å². The summed E-state index contributed by atoms with van der Waals surface area (Å²) in [5, 5.41) is 3.24. The minimum Gasteiger partial charge on any atom is -0.468 e. The third kappa shape index (κ3) is 5.17. The monoisotopic (exact) mass is 215 g/mol. The molecule has 1 N–H and O–H groups in total. The van der Waals surface area contributed by atoms with Gasteiger partial charge >= 0.3 is 5.97 Å². The summed E-state index contributed by atoms with van der Waals surface area (Å²) in [5.41, 5.74) is 0.289. The zero-order valence-corrected chi connectivity index (χ0v) is 10.7. The third-order valence-corrected chi connectivity index (χ3v) is 3.10. The quantitative estimate of drug-likeness (QED) is 0.662. The van der Waals surface area contributed by atoms with Crippen molar-refractivity contribution in [3.8, 4) is 0 Å². The standard InChI is InChI=1S/C12H25NO2/c1-6-8-12(4,7-2)9-13-10(3)11(14)15-5/h10,13H,6-9H2,1-5H3. The van der Waals surface area contributed by atoms with E-state index >= 15 is 0 Å².